The van der Waals surface area contributed by atoms with E-state index in [1.165, 1.54) is 0 Å². The molecule has 0 bridgehead atoms. The van der Waals surface area contributed by atoms with E-state index in [1.807, 2.05) is 24.3 Å². The average molecular weight is 296 g/mol. The smallest absolute Gasteiger partial charge is 0.146 e. The van der Waals surface area contributed by atoms with Crippen LogP contribution in [0, 0.1) is 12.3 Å². The van der Waals surface area contributed by atoms with Crippen molar-refractivity contribution in [2.45, 2.75) is 25.6 Å². The lowest BCUT2D eigenvalue weighted by Crippen LogP contribution is -2.29. The van der Waals surface area contributed by atoms with Gasteiger partial charge in [-0.05, 0) is 19.4 Å². The summed E-state index contributed by atoms with van der Waals surface area (Å²) in [6.45, 7) is 4.12. The Bertz CT molecular complexity index is 718. The van der Waals surface area contributed by atoms with E-state index in [-0.39, 0.29) is 11.4 Å². The van der Waals surface area contributed by atoms with Crippen LogP contribution < -0.4 is 10.9 Å². The van der Waals surface area contributed by atoms with Crippen LogP contribution in [0.25, 0.3) is 10.9 Å². The monoisotopic (exact) mass is 296 g/mol. The second-order valence-corrected chi connectivity index (χ2v) is 5.90. The Kier molecular flexibility index (Phi) is 3.99. The van der Waals surface area contributed by atoms with Crippen molar-refractivity contribution in [1.29, 1.82) is 0 Å². The van der Waals surface area contributed by atoms with Gasteiger partial charge in [0.1, 0.15) is 11.3 Å². The molecule has 2 heterocycles. The minimum atomic E-state index is 0.0137. The van der Waals surface area contributed by atoms with Crippen LogP contribution in [-0.2, 0) is 6.54 Å². The molecule has 5 nitrogen and oxygen atoms in total. The van der Waals surface area contributed by atoms with Gasteiger partial charge < -0.3 is 5.11 Å². The maximum absolute atomic E-state index is 10.4. The Morgan fingerprint density at radius 3 is 2.91 bits per heavy atom. The summed E-state index contributed by atoms with van der Waals surface area (Å²) < 4.78 is 0. The molecular weight excluding hydrogens is 276 g/mol. The Balaban J connectivity index is 1.77. The van der Waals surface area contributed by atoms with E-state index in [0.717, 1.165) is 23.9 Å². The zero-order valence-corrected chi connectivity index (χ0v) is 12.6. The number of hydrogen-bond donors (Lipinski definition) is 3. The molecule has 3 N–H and O–H groups in total. The van der Waals surface area contributed by atoms with E-state index >= 15 is 0 Å². The summed E-state index contributed by atoms with van der Waals surface area (Å²) in [5, 5.41) is 11.4. The molecule has 0 aliphatic carbocycles. The molecular formula is C17H20N4O. The quantitative estimate of drug-likeness (QED) is 0.557. The van der Waals surface area contributed by atoms with Crippen molar-refractivity contribution in [3.05, 3.63) is 36.0 Å². The predicted molar refractivity (Wildman–Crippen MR) is 86.8 cm³/mol. The van der Waals surface area contributed by atoms with Crippen molar-refractivity contribution < 1.29 is 5.11 Å². The fourth-order valence-electron chi connectivity index (χ4n) is 2.50. The van der Waals surface area contributed by atoms with E-state index in [1.54, 1.807) is 6.20 Å². The molecule has 5 heteroatoms. The summed E-state index contributed by atoms with van der Waals surface area (Å²) in [5.74, 6) is 2.93. The van der Waals surface area contributed by atoms with Crippen molar-refractivity contribution in [2.24, 2.45) is 0 Å². The van der Waals surface area contributed by atoms with Crippen molar-refractivity contribution in [2.75, 3.05) is 13.1 Å². The third-order valence-electron chi connectivity index (χ3n) is 4.02. The van der Waals surface area contributed by atoms with Crippen LogP contribution in [-0.4, -0.2) is 33.7 Å². The highest BCUT2D eigenvalue weighted by Gasteiger charge is 2.35. The first kappa shape index (κ1) is 14.8. The van der Waals surface area contributed by atoms with Gasteiger partial charge in [0, 0.05) is 30.2 Å². The maximum atomic E-state index is 10.4. The molecule has 0 unspecified atom stereocenters. The number of terminal acetylenes is 1. The van der Waals surface area contributed by atoms with E-state index in [2.05, 4.69) is 33.6 Å². The SMILES string of the molecule is C#CCN(CCC1(C)NN1)Cc1ccc2cccnc2c1O. The summed E-state index contributed by atoms with van der Waals surface area (Å²) in [5.41, 5.74) is 7.74. The van der Waals surface area contributed by atoms with E-state index < -0.39 is 0 Å². The molecule has 114 valence electrons. The molecule has 1 aromatic heterocycles. The summed E-state index contributed by atoms with van der Waals surface area (Å²) in [6, 6.07) is 7.73. The number of aromatic hydroxyl groups is 1. The normalized spacial score (nSPS) is 15.9. The molecule has 2 aromatic rings. The molecule has 1 fully saturated rings. The van der Waals surface area contributed by atoms with Crippen LogP contribution in [0.2, 0.25) is 0 Å². The lowest BCUT2D eigenvalue weighted by Gasteiger charge is -2.21. The molecule has 1 aromatic carbocycles. The summed E-state index contributed by atoms with van der Waals surface area (Å²) in [4.78, 5) is 6.41. The molecule has 1 saturated heterocycles. The first-order chi connectivity index (χ1) is 10.6. The fraction of sp³-hybridized carbons (Fsp3) is 0.353. The number of hydrazine groups is 1. The minimum absolute atomic E-state index is 0.0137. The van der Waals surface area contributed by atoms with Gasteiger partial charge in [-0.25, -0.2) is 10.9 Å². The third kappa shape index (κ3) is 3.20. The van der Waals surface area contributed by atoms with Crippen molar-refractivity contribution in [1.82, 2.24) is 20.7 Å². The lowest BCUT2D eigenvalue weighted by molar-refractivity contribution is 0.278. The second-order valence-electron chi connectivity index (χ2n) is 5.90. The highest BCUT2D eigenvalue weighted by atomic mass is 16.3. The van der Waals surface area contributed by atoms with Gasteiger partial charge in [-0.2, -0.15) is 0 Å². The van der Waals surface area contributed by atoms with E-state index in [0.29, 0.717) is 18.6 Å². The van der Waals surface area contributed by atoms with E-state index in [9.17, 15) is 5.11 Å². The maximum Gasteiger partial charge on any atom is 0.146 e. The first-order valence-corrected chi connectivity index (χ1v) is 7.37. The second kappa shape index (κ2) is 5.93. The van der Waals surface area contributed by atoms with Crippen molar-refractivity contribution in [3.63, 3.8) is 0 Å². The number of fused-ring (bicyclic) bond motifs is 1. The van der Waals surface area contributed by atoms with Crippen molar-refractivity contribution >= 4 is 10.9 Å². The largest absolute Gasteiger partial charge is 0.505 e. The molecule has 0 atom stereocenters. The number of phenolic OH excluding ortho intramolecular Hbond substituents is 1. The molecule has 0 saturated carbocycles. The number of phenols is 1. The molecule has 22 heavy (non-hydrogen) atoms. The highest BCUT2D eigenvalue weighted by molar-refractivity contribution is 5.85. The number of benzene rings is 1. The Morgan fingerprint density at radius 2 is 2.18 bits per heavy atom. The summed E-state index contributed by atoms with van der Waals surface area (Å²) >= 11 is 0. The first-order valence-electron chi connectivity index (χ1n) is 7.37. The van der Waals surface area contributed by atoms with Crippen molar-refractivity contribution in [3.8, 4) is 18.1 Å². The Morgan fingerprint density at radius 1 is 1.36 bits per heavy atom. The standard InChI is InChI=1S/C17H20N4O/c1-3-10-21(11-8-17(2)19-20-17)12-14-7-6-13-5-4-9-18-15(13)16(14)22/h1,4-7,9,19-20,22H,8,10-12H2,2H3. The fourth-order valence-corrected chi connectivity index (χ4v) is 2.50. The Labute approximate surface area is 130 Å². The number of rotatable bonds is 6. The predicted octanol–water partition coefficient (Wildman–Crippen LogP) is 1.59. The highest BCUT2D eigenvalue weighted by Crippen LogP contribution is 2.28. The number of nitrogens with one attached hydrogen (secondary N) is 2. The van der Waals surface area contributed by atoms with Gasteiger partial charge in [0.2, 0.25) is 0 Å². The van der Waals surface area contributed by atoms with Crippen LogP contribution in [0.4, 0.5) is 0 Å². The van der Waals surface area contributed by atoms with Crippen LogP contribution in [0.15, 0.2) is 30.5 Å². The minimum Gasteiger partial charge on any atom is -0.505 e. The van der Waals surface area contributed by atoms with Gasteiger partial charge in [-0.15, -0.1) is 6.42 Å². The van der Waals surface area contributed by atoms with E-state index in [4.69, 9.17) is 6.42 Å². The zero-order chi connectivity index (χ0) is 15.6. The molecule has 1 aliphatic rings. The molecule has 0 spiro atoms. The molecule has 1 aliphatic heterocycles. The molecule has 3 rings (SSSR count). The average Bonchev–Trinajstić information content (AvgIpc) is 3.26. The van der Waals surface area contributed by atoms with Gasteiger partial charge in [0.05, 0.1) is 12.2 Å². The van der Waals surface area contributed by atoms with Gasteiger partial charge >= 0.3 is 0 Å². The van der Waals surface area contributed by atoms with Crippen LogP contribution in [0.5, 0.6) is 5.75 Å². The summed E-state index contributed by atoms with van der Waals surface area (Å²) in [6.07, 6.45) is 8.11. The number of hydrogen-bond acceptors (Lipinski definition) is 5. The number of nitrogens with zero attached hydrogens (tertiary/aromatic N) is 2. The lowest BCUT2D eigenvalue weighted by atomic mass is 10.1. The van der Waals surface area contributed by atoms with Crippen LogP contribution in [0.1, 0.15) is 18.9 Å². The topological polar surface area (TPSA) is 80.2 Å². The number of pyridine rings is 1. The molecule has 0 amide bonds. The third-order valence-corrected chi connectivity index (χ3v) is 4.02. The zero-order valence-electron chi connectivity index (χ0n) is 12.6. The summed E-state index contributed by atoms with van der Waals surface area (Å²) in [7, 11) is 0. The molecule has 0 radical (unpaired) electrons. The Hall–Kier alpha value is -2.13. The van der Waals surface area contributed by atoms with Gasteiger partial charge in [0.25, 0.3) is 0 Å². The van der Waals surface area contributed by atoms with Gasteiger partial charge in [0.15, 0.2) is 0 Å². The van der Waals surface area contributed by atoms with Crippen LogP contribution >= 0.6 is 0 Å². The van der Waals surface area contributed by atoms with Crippen LogP contribution in [0.3, 0.4) is 0 Å². The van der Waals surface area contributed by atoms with Gasteiger partial charge in [-0.3, -0.25) is 9.88 Å². The van der Waals surface area contributed by atoms with Gasteiger partial charge in [-0.1, -0.05) is 24.1 Å². The number of aromatic nitrogens is 1.